The molecule has 0 bridgehead atoms. The minimum atomic E-state index is -0.639. The van der Waals surface area contributed by atoms with Crippen molar-refractivity contribution in [2.24, 2.45) is 10.1 Å². The van der Waals surface area contributed by atoms with E-state index in [4.69, 9.17) is 5.10 Å². The van der Waals surface area contributed by atoms with E-state index in [-0.39, 0.29) is 30.1 Å². The van der Waals surface area contributed by atoms with Crippen molar-refractivity contribution in [2.75, 3.05) is 5.32 Å². The SMILES string of the molecule is Cc1ccc([C@H]2CC(c3ccccc3)=NN2C2=NC(=O)[C@H](CC(=O)Nc3ccc(F)cc3)S2)cc1. The Hall–Kier alpha value is -3.78. The summed E-state index contributed by atoms with van der Waals surface area (Å²) in [6.45, 7) is 2.04. The normalized spacial score (nSPS) is 19.5. The third-order valence-electron chi connectivity index (χ3n) is 5.90. The standard InChI is InChI=1S/C27H23FN4O2S/c1-17-7-9-19(10-8-17)23-15-22(18-5-3-2-4-6-18)31-32(23)27-30-26(34)24(35-27)16-25(33)29-21-13-11-20(28)12-14-21/h2-14,23-24H,15-16H2,1H3,(H,29,33)/t23-,24+/m1/s1. The largest absolute Gasteiger partial charge is 0.326 e. The van der Waals surface area contributed by atoms with E-state index in [1.54, 1.807) is 0 Å². The van der Waals surface area contributed by atoms with Crippen molar-refractivity contribution in [1.29, 1.82) is 0 Å². The van der Waals surface area contributed by atoms with Gasteiger partial charge in [-0.25, -0.2) is 9.40 Å². The zero-order chi connectivity index (χ0) is 24.4. The van der Waals surface area contributed by atoms with Crippen LogP contribution in [-0.2, 0) is 9.59 Å². The second kappa shape index (κ2) is 9.84. The summed E-state index contributed by atoms with van der Waals surface area (Å²) in [5.74, 6) is -1.07. The monoisotopic (exact) mass is 486 g/mol. The molecule has 2 heterocycles. The molecule has 0 aromatic heterocycles. The van der Waals surface area contributed by atoms with Gasteiger partial charge in [0.05, 0.1) is 11.8 Å². The number of benzene rings is 3. The van der Waals surface area contributed by atoms with Gasteiger partial charge in [-0.2, -0.15) is 10.1 Å². The maximum Gasteiger partial charge on any atom is 0.262 e. The zero-order valence-corrected chi connectivity index (χ0v) is 19.8. The molecule has 3 aromatic rings. The zero-order valence-electron chi connectivity index (χ0n) is 19.0. The highest BCUT2D eigenvalue weighted by Crippen LogP contribution is 2.38. The molecule has 0 unspecified atom stereocenters. The summed E-state index contributed by atoms with van der Waals surface area (Å²) in [5.41, 5.74) is 4.67. The first-order valence-electron chi connectivity index (χ1n) is 11.3. The van der Waals surface area contributed by atoms with Crippen LogP contribution < -0.4 is 5.32 Å². The van der Waals surface area contributed by atoms with Crippen molar-refractivity contribution < 1.29 is 14.0 Å². The van der Waals surface area contributed by atoms with Crippen molar-refractivity contribution >= 4 is 40.1 Å². The fourth-order valence-corrected chi connectivity index (χ4v) is 5.12. The van der Waals surface area contributed by atoms with E-state index < -0.39 is 5.25 Å². The number of amidine groups is 1. The molecule has 176 valence electrons. The molecule has 2 amide bonds. The first-order chi connectivity index (χ1) is 17.0. The van der Waals surface area contributed by atoms with E-state index >= 15 is 0 Å². The maximum atomic E-state index is 13.1. The van der Waals surface area contributed by atoms with Gasteiger partial charge in [-0.05, 0) is 42.3 Å². The number of nitrogens with zero attached hydrogens (tertiary/aromatic N) is 3. The Bertz CT molecular complexity index is 1310. The highest BCUT2D eigenvalue weighted by Gasteiger charge is 2.39. The Balaban J connectivity index is 1.34. The minimum Gasteiger partial charge on any atom is -0.326 e. The fourth-order valence-electron chi connectivity index (χ4n) is 4.06. The van der Waals surface area contributed by atoms with E-state index in [1.165, 1.54) is 36.0 Å². The maximum absolute atomic E-state index is 13.1. The number of anilines is 1. The molecule has 3 aromatic carbocycles. The summed E-state index contributed by atoms with van der Waals surface area (Å²) >= 11 is 1.25. The van der Waals surface area contributed by atoms with E-state index in [0.717, 1.165) is 22.4 Å². The number of carbonyl (C=O) groups excluding carboxylic acids is 2. The second-order valence-electron chi connectivity index (χ2n) is 8.49. The number of halogens is 1. The molecule has 0 saturated carbocycles. The minimum absolute atomic E-state index is 0.0355. The summed E-state index contributed by atoms with van der Waals surface area (Å²) < 4.78 is 13.1. The third-order valence-corrected chi connectivity index (χ3v) is 7.05. The Morgan fingerprint density at radius 1 is 1.06 bits per heavy atom. The van der Waals surface area contributed by atoms with Gasteiger partial charge in [-0.15, -0.1) is 0 Å². The van der Waals surface area contributed by atoms with Crippen LogP contribution in [0.5, 0.6) is 0 Å². The van der Waals surface area contributed by atoms with Crippen molar-refractivity contribution in [1.82, 2.24) is 5.01 Å². The van der Waals surface area contributed by atoms with Crippen LogP contribution in [0.3, 0.4) is 0 Å². The predicted molar refractivity (Wildman–Crippen MR) is 137 cm³/mol. The Kier molecular flexibility index (Phi) is 6.46. The first kappa shape index (κ1) is 23.0. The van der Waals surface area contributed by atoms with Crippen LogP contribution in [0, 0.1) is 12.7 Å². The van der Waals surface area contributed by atoms with Crippen LogP contribution in [0.4, 0.5) is 10.1 Å². The number of rotatable bonds is 5. The molecule has 35 heavy (non-hydrogen) atoms. The number of aliphatic imine (C=N–C) groups is 1. The van der Waals surface area contributed by atoms with Crippen LogP contribution in [0.25, 0.3) is 0 Å². The van der Waals surface area contributed by atoms with E-state index in [0.29, 0.717) is 17.3 Å². The number of amides is 2. The van der Waals surface area contributed by atoms with Gasteiger partial charge in [0.25, 0.3) is 5.91 Å². The van der Waals surface area contributed by atoms with Gasteiger partial charge in [-0.1, -0.05) is 71.9 Å². The molecular formula is C27H23FN4O2S. The molecule has 2 atom stereocenters. The predicted octanol–water partition coefficient (Wildman–Crippen LogP) is 5.31. The molecule has 1 N–H and O–H groups in total. The second-order valence-corrected chi connectivity index (χ2v) is 9.66. The topological polar surface area (TPSA) is 74.1 Å². The summed E-state index contributed by atoms with van der Waals surface area (Å²) in [6, 6.07) is 23.6. The van der Waals surface area contributed by atoms with Crippen LogP contribution in [0.15, 0.2) is 89.0 Å². The molecule has 0 aliphatic carbocycles. The van der Waals surface area contributed by atoms with Crippen LogP contribution in [-0.4, -0.2) is 33.0 Å². The van der Waals surface area contributed by atoms with Gasteiger partial charge >= 0.3 is 0 Å². The highest BCUT2D eigenvalue weighted by molar-refractivity contribution is 8.15. The molecule has 2 aliphatic heterocycles. The Morgan fingerprint density at radius 2 is 1.77 bits per heavy atom. The number of thioether (sulfide) groups is 1. The van der Waals surface area contributed by atoms with Gasteiger partial charge < -0.3 is 5.32 Å². The van der Waals surface area contributed by atoms with Crippen molar-refractivity contribution in [3.8, 4) is 0 Å². The number of hydrazone groups is 1. The molecule has 0 fully saturated rings. The van der Waals surface area contributed by atoms with E-state index in [2.05, 4.69) is 34.6 Å². The quantitative estimate of drug-likeness (QED) is 0.530. The molecular weight excluding hydrogens is 463 g/mol. The molecule has 0 saturated heterocycles. The smallest absolute Gasteiger partial charge is 0.262 e. The number of carbonyl (C=O) groups is 2. The molecule has 2 aliphatic rings. The highest BCUT2D eigenvalue weighted by atomic mass is 32.2. The first-order valence-corrected chi connectivity index (χ1v) is 12.2. The summed E-state index contributed by atoms with van der Waals surface area (Å²) in [5, 5.41) is 9.23. The van der Waals surface area contributed by atoms with Gasteiger partial charge in [0.1, 0.15) is 11.1 Å². The third kappa shape index (κ3) is 5.17. The average molecular weight is 487 g/mol. The van der Waals surface area contributed by atoms with Gasteiger partial charge in [0.15, 0.2) is 5.17 Å². The number of hydrogen-bond donors (Lipinski definition) is 1. The molecule has 5 rings (SSSR count). The van der Waals surface area contributed by atoms with E-state index in [9.17, 15) is 14.0 Å². The van der Waals surface area contributed by atoms with Crippen LogP contribution in [0.1, 0.15) is 35.6 Å². The average Bonchev–Trinajstić information content (AvgIpc) is 3.46. The molecule has 0 spiro atoms. The lowest BCUT2D eigenvalue weighted by molar-refractivity contribution is -0.121. The Labute approximate surface area is 207 Å². The molecule has 8 heteroatoms. The van der Waals surface area contributed by atoms with Gasteiger partial charge in [-0.3, -0.25) is 9.59 Å². The summed E-state index contributed by atoms with van der Waals surface area (Å²) in [4.78, 5) is 29.5. The van der Waals surface area contributed by atoms with Crippen LogP contribution >= 0.6 is 11.8 Å². The number of aryl methyl sites for hydroxylation is 1. The lowest BCUT2D eigenvalue weighted by Crippen LogP contribution is -2.25. The number of hydrogen-bond acceptors (Lipinski definition) is 5. The lowest BCUT2D eigenvalue weighted by atomic mass is 9.98. The fraction of sp³-hybridized carbons (Fsp3) is 0.185. The van der Waals surface area contributed by atoms with Gasteiger partial charge in [0.2, 0.25) is 5.91 Å². The molecule has 6 nitrogen and oxygen atoms in total. The van der Waals surface area contributed by atoms with E-state index in [1.807, 2.05) is 42.3 Å². The van der Waals surface area contributed by atoms with Gasteiger partial charge in [0, 0.05) is 18.5 Å². The van der Waals surface area contributed by atoms with Crippen LogP contribution in [0.2, 0.25) is 0 Å². The molecule has 0 radical (unpaired) electrons. The summed E-state index contributed by atoms with van der Waals surface area (Å²) in [6.07, 6.45) is 0.642. The lowest BCUT2D eigenvalue weighted by Gasteiger charge is -2.23. The van der Waals surface area contributed by atoms with Crippen molar-refractivity contribution in [3.05, 3.63) is 101 Å². The van der Waals surface area contributed by atoms with Crippen molar-refractivity contribution in [3.63, 3.8) is 0 Å². The summed E-state index contributed by atoms with van der Waals surface area (Å²) in [7, 11) is 0. The number of nitrogens with one attached hydrogen (secondary N) is 1. The Morgan fingerprint density at radius 3 is 2.49 bits per heavy atom. The van der Waals surface area contributed by atoms with Crippen molar-refractivity contribution in [2.45, 2.75) is 31.1 Å².